The summed E-state index contributed by atoms with van der Waals surface area (Å²) in [6.07, 6.45) is -1.66. The van der Waals surface area contributed by atoms with E-state index in [1.54, 1.807) is 54.6 Å². The van der Waals surface area contributed by atoms with E-state index in [1.165, 1.54) is 31.6 Å². The Balaban J connectivity index is 0.000000166. The molecule has 0 bridgehead atoms. The molecule has 0 aliphatic carbocycles. The fourth-order valence-electron chi connectivity index (χ4n) is 6.09. The molecule has 6 aromatic carbocycles. The number of alkyl halides is 3. The van der Waals surface area contributed by atoms with Gasteiger partial charge in [0.2, 0.25) is 11.8 Å². The van der Waals surface area contributed by atoms with E-state index in [4.69, 9.17) is 37.0 Å². The second-order valence-corrected chi connectivity index (χ2v) is 13.9. The summed E-state index contributed by atoms with van der Waals surface area (Å²) in [6, 6.07) is 38.9. The van der Waals surface area contributed by atoms with E-state index in [-0.39, 0.29) is 34.7 Å². The van der Waals surface area contributed by atoms with Crippen LogP contribution in [0.1, 0.15) is 46.1 Å². The fourth-order valence-corrected chi connectivity index (χ4v) is 6.09. The van der Waals surface area contributed by atoms with Crippen LogP contribution < -0.4 is 44.2 Å². The van der Waals surface area contributed by atoms with Crippen LogP contribution in [0, 0.1) is 11.3 Å². The third kappa shape index (κ3) is 12.9. The number of amides is 4. The Hall–Kier alpha value is -9.24. The van der Waals surface area contributed by atoms with Crippen molar-refractivity contribution < 1.29 is 41.2 Å². The molecule has 18 heteroatoms. The second kappa shape index (κ2) is 21.7. The van der Waals surface area contributed by atoms with E-state index in [2.05, 4.69) is 21.3 Å². The molecule has 8 aromatic rings. The van der Waals surface area contributed by atoms with Crippen molar-refractivity contribution in [1.82, 2.24) is 0 Å². The number of nitrogens with one attached hydrogen (secondary N) is 4. The number of hydrogen-bond acceptors (Lipinski definition) is 11. The zero-order chi connectivity index (χ0) is 48.0. The number of nitriles is 1. The number of nitrogens with zero attached hydrogens (tertiary/aromatic N) is 1. The van der Waals surface area contributed by atoms with Gasteiger partial charge in [-0.3, -0.25) is 19.2 Å². The molecule has 336 valence electrons. The topological polar surface area (TPSA) is 271 Å². The molecular formula is C48H42F3N9O6. The van der Waals surface area contributed by atoms with Crippen LogP contribution in [0.15, 0.2) is 155 Å². The maximum atomic E-state index is 12.5. The van der Waals surface area contributed by atoms with Crippen molar-refractivity contribution in [3.63, 3.8) is 0 Å². The SMILES string of the molecule is CC(=O)Nc1ccc(N)c2ccccc12.CC(=O)Nc1ccc(N)cc1C(F)(F)F.N#Cc1cc(N)ccc1NC(=O)c1ccco1.Nc1ccc(NC(=O)c2ccco2)c2ccccc12. The second-order valence-electron chi connectivity index (χ2n) is 13.9. The number of hydrogen-bond donors (Lipinski definition) is 8. The van der Waals surface area contributed by atoms with E-state index in [1.807, 2.05) is 60.7 Å². The minimum Gasteiger partial charge on any atom is -0.459 e. The van der Waals surface area contributed by atoms with Crippen LogP contribution in [0.3, 0.4) is 0 Å². The highest BCUT2D eigenvalue weighted by Gasteiger charge is 2.34. The number of fused-ring (bicyclic) bond motifs is 2. The Bertz CT molecular complexity index is 3040. The molecule has 0 fully saturated rings. The maximum absolute atomic E-state index is 12.5. The van der Waals surface area contributed by atoms with Crippen LogP contribution in [0.5, 0.6) is 0 Å². The minimum atomic E-state index is -4.53. The highest BCUT2D eigenvalue weighted by Crippen LogP contribution is 2.36. The normalized spacial score (nSPS) is 10.4. The first kappa shape index (κ1) is 47.8. The summed E-state index contributed by atoms with van der Waals surface area (Å²) < 4.78 is 47.4. The van der Waals surface area contributed by atoms with Gasteiger partial charge in [0.25, 0.3) is 11.8 Å². The third-order valence-corrected chi connectivity index (χ3v) is 9.04. The fraction of sp³-hybridized carbons (Fsp3) is 0.0625. The summed E-state index contributed by atoms with van der Waals surface area (Å²) in [6.45, 7) is 2.63. The molecule has 2 aromatic heterocycles. The Morgan fingerprint density at radius 3 is 1.36 bits per heavy atom. The van der Waals surface area contributed by atoms with Gasteiger partial charge in [-0.2, -0.15) is 18.4 Å². The van der Waals surface area contributed by atoms with Crippen molar-refractivity contribution in [2.24, 2.45) is 0 Å². The number of furan rings is 2. The lowest BCUT2D eigenvalue weighted by atomic mass is 10.1. The lowest BCUT2D eigenvalue weighted by molar-refractivity contribution is -0.137. The van der Waals surface area contributed by atoms with E-state index in [9.17, 15) is 32.3 Å². The quantitative estimate of drug-likeness (QED) is 0.0727. The van der Waals surface area contributed by atoms with Crippen LogP contribution >= 0.6 is 0 Å². The van der Waals surface area contributed by atoms with Crippen LogP contribution in [0.25, 0.3) is 21.5 Å². The molecule has 15 nitrogen and oxygen atoms in total. The van der Waals surface area contributed by atoms with Crippen LogP contribution in [0.4, 0.5) is 58.7 Å². The molecule has 12 N–H and O–H groups in total. The van der Waals surface area contributed by atoms with Crippen molar-refractivity contribution in [3.05, 3.63) is 169 Å². The summed E-state index contributed by atoms with van der Waals surface area (Å²) in [7, 11) is 0. The van der Waals surface area contributed by atoms with Gasteiger partial charge in [0.1, 0.15) is 6.07 Å². The molecule has 0 radical (unpaired) electrons. The molecule has 4 amide bonds. The van der Waals surface area contributed by atoms with Crippen molar-refractivity contribution in [2.75, 3.05) is 44.2 Å². The summed E-state index contributed by atoms with van der Waals surface area (Å²) in [4.78, 5) is 45.3. The number of carbonyl (C=O) groups excluding carboxylic acids is 4. The van der Waals surface area contributed by atoms with Gasteiger partial charge in [-0.25, -0.2) is 0 Å². The highest BCUT2D eigenvalue weighted by atomic mass is 19.4. The number of anilines is 8. The molecule has 0 aliphatic heterocycles. The van der Waals surface area contributed by atoms with Gasteiger partial charge in [0, 0.05) is 69.5 Å². The van der Waals surface area contributed by atoms with E-state index < -0.39 is 23.6 Å². The molecular weight excluding hydrogens is 856 g/mol. The predicted molar refractivity (Wildman–Crippen MR) is 250 cm³/mol. The molecule has 2 heterocycles. The first-order valence-electron chi connectivity index (χ1n) is 19.5. The minimum absolute atomic E-state index is 0.00331. The average Bonchev–Trinajstić information content (AvgIpc) is 4.04. The molecule has 0 saturated heterocycles. The summed E-state index contributed by atoms with van der Waals surface area (Å²) in [5.74, 6) is -0.863. The number of carbonyl (C=O) groups is 4. The van der Waals surface area contributed by atoms with E-state index in [0.717, 1.165) is 52.0 Å². The molecule has 0 atom stereocenters. The van der Waals surface area contributed by atoms with Gasteiger partial charge in [-0.05, 0) is 84.9 Å². The molecule has 0 aliphatic rings. The molecule has 0 unspecified atom stereocenters. The van der Waals surface area contributed by atoms with Crippen LogP contribution in [-0.4, -0.2) is 23.6 Å². The Kier molecular flexibility index (Phi) is 15.7. The number of halogens is 3. The van der Waals surface area contributed by atoms with Gasteiger partial charge in [-0.1, -0.05) is 48.5 Å². The lowest BCUT2D eigenvalue weighted by Crippen LogP contribution is -2.14. The lowest BCUT2D eigenvalue weighted by Gasteiger charge is -2.13. The first-order valence-corrected chi connectivity index (χ1v) is 19.5. The number of rotatable bonds is 6. The predicted octanol–water partition coefficient (Wildman–Crippen LogP) is 9.88. The third-order valence-electron chi connectivity index (χ3n) is 9.04. The molecule has 0 saturated carbocycles. The molecule has 0 spiro atoms. The monoisotopic (exact) mass is 897 g/mol. The standard InChI is InChI=1S/C15H12N2O2.C12H9N3O2.C12H12N2O.C9H9F3N2O/c16-12-7-8-13(11-5-2-1-4-10(11)12)17-15(18)14-6-3-9-19-14;13-7-8-6-9(14)3-4-10(8)15-12(16)11-2-1-5-17-11;1-8(15)14-12-7-6-11(13)9-4-2-3-5-10(9)12;1-5(15)14-8-3-2-6(13)4-7(8)9(10,11)12/h1-9H,16H2,(H,17,18);1-6H,14H2,(H,15,16);2-7H,13H2,1H3,(H,14,15);2-4H,13H2,1H3,(H,14,15). The largest absolute Gasteiger partial charge is 0.459 e. The van der Waals surface area contributed by atoms with Crippen molar-refractivity contribution in [1.29, 1.82) is 5.26 Å². The number of nitrogen functional groups attached to an aromatic ring is 4. The summed E-state index contributed by atoms with van der Waals surface area (Å²) in [5, 5.41) is 22.9. The Morgan fingerprint density at radius 1 is 0.515 bits per heavy atom. The average molecular weight is 898 g/mol. The van der Waals surface area contributed by atoms with Gasteiger partial charge in [-0.15, -0.1) is 0 Å². The Labute approximate surface area is 375 Å². The number of nitrogens with two attached hydrogens (primary N) is 4. The van der Waals surface area contributed by atoms with E-state index >= 15 is 0 Å². The smallest absolute Gasteiger partial charge is 0.418 e. The molecule has 66 heavy (non-hydrogen) atoms. The summed E-state index contributed by atoms with van der Waals surface area (Å²) in [5.41, 5.74) is 25.4. The first-order chi connectivity index (χ1) is 31.4. The van der Waals surface area contributed by atoms with Gasteiger partial charge in [0.15, 0.2) is 11.5 Å². The van der Waals surface area contributed by atoms with Crippen molar-refractivity contribution in [2.45, 2.75) is 20.0 Å². The summed E-state index contributed by atoms with van der Waals surface area (Å²) >= 11 is 0. The van der Waals surface area contributed by atoms with Crippen molar-refractivity contribution in [3.8, 4) is 6.07 Å². The zero-order valence-electron chi connectivity index (χ0n) is 35.2. The molecule has 8 rings (SSSR count). The van der Waals surface area contributed by atoms with Gasteiger partial charge in [0.05, 0.1) is 35.0 Å². The highest BCUT2D eigenvalue weighted by molar-refractivity contribution is 6.10. The van der Waals surface area contributed by atoms with Crippen LogP contribution in [0.2, 0.25) is 0 Å². The maximum Gasteiger partial charge on any atom is 0.418 e. The number of benzene rings is 6. The van der Waals surface area contributed by atoms with Crippen molar-refractivity contribution >= 4 is 90.7 Å². The van der Waals surface area contributed by atoms with Gasteiger partial charge < -0.3 is 53.0 Å². The van der Waals surface area contributed by atoms with Crippen LogP contribution in [-0.2, 0) is 15.8 Å². The van der Waals surface area contributed by atoms with Gasteiger partial charge >= 0.3 is 6.18 Å². The Morgan fingerprint density at radius 2 is 0.924 bits per heavy atom. The zero-order valence-corrected chi connectivity index (χ0v) is 35.2. The van der Waals surface area contributed by atoms with E-state index in [0.29, 0.717) is 28.3 Å².